The van der Waals surface area contributed by atoms with Gasteiger partial charge in [-0.3, -0.25) is 0 Å². The summed E-state index contributed by atoms with van der Waals surface area (Å²) in [5.41, 5.74) is 5.66. The Morgan fingerprint density at radius 3 is 1.42 bits per heavy atom. The summed E-state index contributed by atoms with van der Waals surface area (Å²) >= 11 is 5.98. The van der Waals surface area contributed by atoms with Crippen molar-refractivity contribution in [2.24, 2.45) is 0 Å². The lowest BCUT2D eigenvalue weighted by molar-refractivity contribution is 0.460. The van der Waals surface area contributed by atoms with Gasteiger partial charge in [0.25, 0.3) is 0 Å². The van der Waals surface area contributed by atoms with Gasteiger partial charge in [0.15, 0.2) is 0 Å². The van der Waals surface area contributed by atoms with Crippen LogP contribution in [0.4, 0.5) is 0 Å². The van der Waals surface area contributed by atoms with Crippen LogP contribution in [0.5, 0.6) is 11.5 Å². The van der Waals surface area contributed by atoms with E-state index in [9.17, 15) is 10.2 Å². The molecule has 0 saturated heterocycles. The van der Waals surface area contributed by atoms with Crippen molar-refractivity contribution in [3.05, 3.63) is 57.6 Å². The second kappa shape index (κ2) is 7.06. The molecule has 0 aliphatic rings. The van der Waals surface area contributed by atoms with Crippen LogP contribution in [0.15, 0.2) is 24.3 Å². The molecule has 0 atom stereocenters. The van der Waals surface area contributed by atoms with Crippen LogP contribution in [0.2, 0.25) is 0 Å². The van der Waals surface area contributed by atoms with Crippen LogP contribution in [-0.4, -0.2) is 16.1 Å². The van der Waals surface area contributed by atoms with Crippen LogP contribution in [0.1, 0.15) is 53.1 Å². The Balaban J connectivity index is 2.67. The van der Waals surface area contributed by atoms with Gasteiger partial charge >= 0.3 is 0 Å². The summed E-state index contributed by atoms with van der Waals surface area (Å²) in [6.45, 7) is 9.95. The number of benzene rings is 2. The first-order valence-corrected chi connectivity index (χ1v) is 8.91. The number of phenolic OH excluding ortho intramolecular Hbond substituents is 2. The maximum absolute atomic E-state index is 10.1. The fraction of sp³-hybridized carbons (Fsp3) is 0.429. The predicted octanol–water partition coefficient (Wildman–Crippen LogP) is 5.66. The van der Waals surface area contributed by atoms with E-state index >= 15 is 0 Å². The molecule has 2 rings (SSSR count). The molecule has 0 aliphatic heterocycles. The Kier molecular flexibility index (Phi) is 5.49. The maximum atomic E-state index is 10.1. The van der Waals surface area contributed by atoms with Crippen molar-refractivity contribution >= 4 is 11.6 Å². The molecule has 2 N–H and O–H groups in total. The minimum absolute atomic E-state index is 0.221. The van der Waals surface area contributed by atoms with Gasteiger partial charge in [0, 0.05) is 11.3 Å². The average Bonchev–Trinajstić information content (AvgIpc) is 2.54. The van der Waals surface area contributed by atoms with Gasteiger partial charge in [-0.05, 0) is 73.9 Å². The highest BCUT2D eigenvalue weighted by atomic mass is 35.5. The quantitative estimate of drug-likeness (QED) is 0.686. The van der Waals surface area contributed by atoms with Gasteiger partial charge in [0.05, 0.1) is 0 Å². The first-order chi connectivity index (χ1) is 11.2. The molecule has 2 aromatic carbocycles. The Morgan fingerprint density at radius 1 is 0.792 bits per heavy atom. The number of hydrogen-bond donors (Lipinski definition) is 2. The molecule has 0 fully saturated rings. The van der Waals surface area contributed by atoms with E-state index in [1.165, 1.54) is 11.1 Å². The number of rotatable bonds is 5. The highest BCUT2D eigenvalue weighted by Crippen LogP contribution is 2.41. The minimum atomic E-state index is -0.221. The molecule has 0 bridgehead atoms. The van der Waals surface area contributed by atoms with Crippen molar-refractivity contribution in [1.82, 2.24) is 0 Å². The van der Waals surface area contributed by atoms with Gasteiger partial charge in [-0.25, -0.2) is 0 Å². The van der Waals surface area contributed by atoms with Crippen LogP contribution in [0.3, 0.4) is 0 Å². The van der Waals surface area contributed by atoms with Gasteiger partial charge in [0.1, 0.15) is 11.5 Å². The number of aromatic hydroxyl groups is 2. The fourth-order valence-corrected chi connectivity index (χ4v) is 3.56. The molecule has 0 spiro atoms. The normalized spacial score (nSPS) is 11.8. The lowest BCUT2D eigenvalue weighted by Gasteiger charge is -2.33. The number of hydrogen-bond acceptors (Lipinski definition) is 2. The van der Waals surface area contributed by atoms with Gasteiger partial charge < -0.3 is 10.2 Å². The minimum Gasteiger partial charge on any atom is -0.507 e. The molecule has 0 heterocycles. The summed E-state index contributed by atoms with van der Waals surface area (Å²) in [7, 11) is 0. The van der Waals surface area contributed by atoms with Crippen LogP contribution in [0, 0.1) is 27.7 Å². The second-order valence-electron chi connectivity index (χ2n) is 7.04. The number of alkyl halides is 1. The van der Waals surface area contributed by atoms with Gasteiger partial charge in [-0.15, -0.1) is 11.6 Å². The Labute approximate surface area is 150 Å². The van der Waals surface area contributed by atoms with Gasteiger partial charge in [0.2, 0.25) is 0 Å². The molecular formula is C21H27ClO2. The average molecular weight is 347 g/mol. The number of phenols is 2. The monoisotopic (exact) mass is 346 g/mol. The maximum Gasteiger partial charge on any atom is 0.121 e. The van der Waals surface area contributed by atoms with E-state index in [1.807, 2.05) is 27.7 Å². The zero-order valence-corrected chi connectivity index (χ0v) is 16.0. The van der Waals surface area contributed by atoms with Crippen molar-refractivity contribution in [2.75, 3.05) is 5.88 Å². The summed E-state index contributed by atoms with van der Waals surface area (Å²) in [6, 6.07) is 8.25. The highest BCUT2D eigenvalue weighted by molar-refractivity contribution is 6.17. The van der Waals surface area contributed by atoms with Crippen molar-refractivity contribution in [3.8, 4) is 11.5 Å². The predicted molar refractivity (Wildman–Crippen MR) is 102 cm³/mol. The smallest absolute Gasteiger partial charge is 0.121 e. The van der Waals surface area contributed by atoms with Crippen molar-refractivity contribution in [2.45, 2.75) is 52.9 Å². The van der Waals surface area contributed by atoms with E-state index in [0.29, 0.717) is 17.4 Å². The topological polar surface area (TPSA) is 40.5 Å². The van der Waals surface area contributed by atoms with E-state index in [2.05, 4.69) is 31.2 Å². The molecule has 3 heteroatoms. The number of halogens is 1. The highest BCUT2D eigenvalue weighted by Gasteiger charge is 2.30. The van der Waals surface area contributed by atoms with Gasteiger partial charge in [-0.1, -0.05) is 31.2 Å². The first-order valence-electron chi connectivity index (χ1n) is 8.38. The van der Waals surface area contributed by atoms with Gasteiger partial charge in [-0.2, -0.15) is 0 Å². The molecule has 0 unspecified atom stereocenters. The fourth-order valence-electron chi connectivity index (χ4n) is 3.42. The van der Waals surface area contributed by atoms with Crippen molar-refractivity contribution in [3.63, 3.8) is 0 Å². The molecule has 0 radical (unpaired) electrons. The van der Waals surface area contributed by atoms with E-state index in [4.69, 9.17) is 11.6 Å². The third kappa shape index (κ3) is 3.39. The van der Waals surface area contributed by atoms with Crippen LogP contribution < -0.4 is 0 Å². The lowest BCUT2D eigenvalue weighted by atomic mass is 9.71. The second-order valence-corrected chi connectivity index (χ2v) is 7.42. The Hall–Kier alpha value is -1.67. The third-order valence-corrected chi connectivity index (χ3v) is 5.33. The molecule has 0 aliphatic carbocycles. The third-order valence-electron chi connectivity index (χ3n) is 5.07. The summed E-state index contributed by atoms with van der Waals surface area (Å²) in [5.74, 6) is 1.33. The summed E-state index contributed by atoms with van der Waals surface area (Å²) in [6.07, 6.45) is 1.81. The molecule has 2 nitrogen and oxygen atoms in total. The summed E-state index contributed by atoms with van der Waals surface area (Å²) in [5, 5.41) is 20.2. The molecule has 130 valence electrons. The zero-order valence-electron chi connectivity index (χ0n) is 15.2. The van der Waals surface area contributed by atoms with E-state index in [1.54, 1.807) is 0 Å². The SMILES string of the molecule is Cc1cc(C(C)(CCCCl)c2cc(C)c(O)c(C)c2)cc(C)c1O. The van der Waals surface area contributed by atoms with E-state index in [-0.39, 0.29) is 5.41 Å². The van der Waals surface area contributed by atoms with E-state index in [0.717, 1.165) is 35.1 Å². The van der Waals surface area contributed by atoms with Crippen molar-refractivity contribution in [1.29, 1.82) is 0 Å². The summed E-state index contributed by atoms with van der Waals surface area (Å²) in [4.78, 5) is 0. The zero-order chi connectivity index (χ0) is 18.1. The largest absolute Gasteiger partial charge is 0.507 e. The lowest BCUT2D eigenvalue weighted by Crippen LogP contribution is -2.24. The molecule has 0 aromatic heterocycles. The number of aryl methyl sites for hydroxylation is 4. The Morgan fingerprint density at radius 2 is 1.12 bits per heavy atom. The van der Waals surface area contributed by atoms with Crippen LogP contribution >= 0.6 is 11.6 Å². The summed E-state index contributed by atoms with van der Waals surface area (Å²) < 4.78 is 0. The Bertz CT molecular complexity index is 646. The molecular weight excluding hydrogens is 320 g/mol. The van der Waals surface area contributed by atoms with Crippen LogP contribution in [0.25, 0.3) is 0 Å². The molecule has 0 saturated carbocycles. The molecule has 24 heavy (non-hydrogen) atoms. The van der Waals surface area contributed by atoms with Crippen LogP contribution in [-0.2, 0) is 5.41 Å². The van der Waals surface area contributed by atoms with Crippen molar-refractivity contribution < 1.29 is 10.2 Å². The first kappa shape index (κ1) is 18.7. The molecule has 2 aromatic rings. The molecule has 0 amide bonds. The standard InChI is InChI=1S/C21H27ClO2/c1-13-9-17(10-14(2)19(13)23)21(5,7-6-8-22)18-11-15(3)20(24)16(4)12-18/h9-12,23-24H,6-8H2,1-5H3. The van der Waals surface area contributed by atoms with E-state index < -0.39 is 0 Å².